The van der Waals surface area contributed by atoms with E-state index in [4.69, 9.17) is 14.7 Å². The summed E-state index contributed by atoms with van der Waals surface area (Å²) in [4.78, 5) is 4.13. The van der Waals surface area contributed by atoms with E-state index in [-0.39, 0.29) is 0 Å². The molecule has 1 heterocycles. The van der Waals surface area contributed by atoms with Gasteiger partial charge in [0.2, 0.25) is 5.88 Å². The Morgan fingerprint density at radius 3 is 2.80 bits per heavy atom. The standard InChI is InChI=1S/C16H14N2O2/c17-11-20-15-5-3-4-13(12-7-8-12)14(15)10-19-16-6-1-2-9-18-16/h1-6,9,12H,7-8,10H2. The molecule has 2 aromatic rings. The molecular formula is C16H14N2O2. The average Bonchev–Trinajstić information content (AvgIpc) is 3.32. The van der Waals surface area contributed by atoms with E-state index in [0.29, 0.717) is 24.2 Å². The summed E-state index contributed by atoms with van der Waals surface area (Å²) in [5.41, 5.74) is 2.16. The van der Waals surface area contributed by atoms with Gasteiger partial charge >= 0.3 is 0 Å². The number of aromatic nitrogens is 1. The summed E-state index contributed by atoms with van der Waals surface area (Å²) in [5, 5.41) is 8.75. The highest BCUT2D eigenvalue weighted by atomic mass is 16.5. The number of hydrogen-bond donors (Lipinski definition) is 0. The Labute approximate surface area is 117 Å². The number of rotatable bonds is 5. The first-order valence-corrected chi connectivity index (χ1v) is 6.60. The Morgan fingerprint density at radius 1 is 1.20 bits per heavy atom. The second kappa shape index (κ2) is 5.62. The van der Waals surface area contributed by atoms with Crippen molar-refractivity contribution in [2.45, 2.75) is 25.4 Å². The van der Waals surface area contributed by atoms with Crippen LogP contribution in [0.4, 0.5) is 0 Å². The van der Waals surface area contributed by atoms with Crippen molar-refractivity contribution in [3.63, 3.8) is 0 Å². The van der Waals surface area contributed by atoms with Gasteiger partial charge in [-0.15, -0.1) is 5.26 Å². The minimum atomic E-state index is 0.362. The summed E-state index contributed by atoms with van der Waals surface area (Å²) < 4.78 is 10.7. The molecule has 20 heavy (non-hydrogen) atoms. The van der Waals surface area contributed by atoms with Crippen molar-refractivity contribution in [3.8, 4) is 17.9 Å². The number of nitriles is 1. The first kappa shape index (κ1) is 12.5. The third-order valence-corrected chi connectivity index (χ3v) is 3.34. The monoisotopic (exact) mass is 266 g/mol. The highest BCUT2D eigenvalue weighted by Gasteiger charge is 2.27. The van der Waals surface area contributed by atoms with Crippen molar-refractivity contribution >= 4 is 0 Å². The lowest BCUT2D eigenvalue weighted by atomic mass is 10.0. The van der Waals surface area contributed by atoms with Crippen molar-refractivity contribution < 1.29 is 9.47 Å². The van der Waals surface area contributed by atoms with Gasteiger partial charge in [-0.2, -0.15) is 0 Å². The second-order valence-corrected chi connectivity index (χ2v) is 4.75. The van der Waals surface area contributed by atoms with Gasteiger partial charge in [-0.25, -0.2) is 4.98 Å². The predicted molar refractivity (Wildman–Crippen MR) is 73.2 cm³/mol. The fraction of sp³-hybridized carbons (Fsp3) is 0.250. The quantitative estimate of drug-likeness (QED) is 0.778. The molecule has 0 radical (unpaired) electrons. The molecule has 0 N–H and O–H groups in total. The van der Waals surface area contributed by atoms with Crippen molar-refractivity contribution in [3.05, 3.63) is 53.7 Å². The predicted octanol–water partition coefficient (Wildman–Crippen LogP) is 3.40. The van der Waals surface area contributed by atoms with Crippen molar-refractivity contribution in [1.82, 2.24) is 4.98 Å². The lowest BCUT2D eigenvalue weighted by Gasteiger charge is -2.12. The van der Waals surface area contributed by atoms with Crippen LogP contribution in [0.15, 0.2) is 42.6 Å². The molecule has 0 aliphatic heterocycles. The summed E-state index contributed by atoms with van der Waals surface area (Å²) in [5.74, 6) is 1.72. The Hall–Kier alpha value is -2.54. The molecule has 0 spiro atoms. The van der Waals surface area contributed by atoms with E-state index in [1.54, 1.807) is 18.5 Å². The van der Waals surface area contributed by atoms with Crippen LogP contribution in [-0.2, 0) is 6.61 Å². The maximum absolute atomic E-state index is 8.75. The van der Waals surface area contributed by atoms with E-state index in [1.165, 1.54) is 18.4 Å². The van der Waals surface area contributed by atoms with Gasteiger partial charge in [0.05, 0.1) is 0 Å². The highest BCUT2D eigenvalue weighted by molar-refractivity contribution is 5.44. The molecule has 4 heteroatoms. The first-order chi connectivity index (χ1) is 9.88. The van der Waals surface area contributed by atoms with E-state index in [1.807, 2.05) is 24.3 Å². The Balaban J connectivity index is 1.84. The van der Waals surface area contributed by atoms with Crippen molar-refractivity contribution in [2.75, 3.05) is 0 Å². The van der Waals surface area contributed by atoms with Crippen molar-refractivity contribution in [1.29, 1.82) is 5.26 Å². The molecule has 0 unspecified atom stereocenters. The molecule has 0 bridgehead atoms. The van der Waals surface area contributed by atoms with Crippen LogP contribution >= 0.6 is 0 Å². The van der Waals surface area contributed by atoms with Gasteiger partial charge in [0, 0.05) is 17.8 Å². The normalized spacial score (nSPS) is 13.6. The number of pyridine rings is 1. The van der Waals surface area contributed by atoms with Gasteiger partial charge in [0.25, 0.3) is 6.26 Å². The molecule has 4 nitrogen and oxygen atoms in total. The molecule has 1 aromatic heterocycles. The van der Waals surface area contributed by atoms with Gasteiger partial charge in [0.1, 0.15) is 12.4 Å². The smallest absolute Gasteiger partial charge is 0.292 e. The first-order valence-electron chi connectivity index (χ1n) is 6.60. The maximum Gasteiger partial charge on any atom is 0.292 e. The van der Waals surface area contributed by atoms with E-state index in [0.717, 1.165) is 5.56 Å². The molecular weight excluding hydrogens is 252 g/mol. The summed E-state index contributed by atoms with van der Waals surface area (Å²) in [6.07, 6.45) is 5.80. The van der Waals surface area contributed by atoms with Gasteiger partial charge in [-0.3, -0.25) is 0 Å². The van der Waals surface area contributed by atoms with E-state index >= 15 is 0 Å². The van der Waals surface area contributed by atoms with Gasteiger partial charge in [-0.05, 0) is 36.5 Å². The fourth-order valence-electron chi connectivity index (χ4n) is 2.24. The SMILES string of the molecule is N#COc1cccc(C2CC2)c1COc1ccccn1. The number of hydrogen-bond acceptors (Lipinski definition) is 4. The van der Waals surface area contributed by atoms with Crippen LogP contribution in [0.1, 0.15) is 29.9 Å². The average molecular weight is 266 g/mol. The van der Waals surface area contributed by atoms with E-state index < -0.39 is 0 Å². The molecule has 1 fully saturated rings. The highest BCUT2D eigenvalue weighted by Crippen LogP contribution is 2.43. The molecule has 1 aliphatic carbocycles. The Bertz CT molecular complexity index is 631. The number of benzene rings is 1. The Morgan fingerprint density at radius 2 is 2.10 bits per heavy atom. The summed E-state index contributed by atoms with van der Waals surface area (Å²) in [6, 6.07) is 11.3. The third-order valence-electron chi connectivity index (χ3n) is 3.34. The lowest BCUT2D eigenvalue weighted by molar-refractivity contribution is 0.288. The van der Waals surface area contributed by atoms with Crippen LogP contribution in [0.3, 0.4) is 0 Å². The molecule has 0 saturated heterocycles. The zero-order valence-electron chi connectivity index (χ0n) is 11.0. The van der Waals surface area contributed by atoms with Gasteiger partial charge in [-0.1, -0.05) is 18.2 Å². The van der Waals surface area contributed by atoms with Crippen LogP contribution in [0.2, 0.25) is 0 Å². The molecule has 0 atom stereocenters. The van der Waals surface area contributed by atoms with E-state index in [2.05, 4.69) is 11.1 Å². The summed E-state index contributed by atoms with van der Waals surface area (Å²) in [6.45, 7) is 0.362. The molecule has 100 valence electrons. The Kier molecular flexibility index (Phi) is 3.51. The minimum absolute atomic E-state index is 0.362. The van der Waals surface area contributed by atoms with Crippen LogP contribution in [0.25, 0.3) is 0 Å². The fourth-order valence-corrected chi connectivity index (χ4v) is 2.24. The molecule has 1 saturated carbocycles. The summed E-state index contributed by atoms with van der Waals surface area (Å²) in [7, 11) is 0. The van der Waals surface area contributed by atoms with Gasteiger partial charge in [0.15, 0.2) is 0 Å². The van der Waals surface area contributed by atoms with Crippen LogP contribution < -0.4 is 9.47 Å². The molecule has 1 aliphatic rings. The maximum atomic E-state index is 8.75. The molecule has 3 rings (SSSR count). The van der Waals surface area contributed by atoms with Crippen LogP contribution in [0, 0.1) is 11.5 Å². The summed E-state index contributed by atoms with van der Waals surface area (Å²) >= 11 is 0. The molecule has 0 amide bonds. The topological polar surface area (TPSA) is 55.1 Å². The number of ether oxygens (including phenoxy) is 2. The largest absolute Gasteiger partial charge is 0.473 e. The van der Waals surface area contributed by atoms with E-state index in [9.17, 15) is 0 Å². The van der Waals surface area contributed by atoms with Crippen LogP contribution in [-0.4, -0.2) is 4.98 Å². The lowest BCUT2D eigenvalue weighted by Crippen LogP contribution is -2.03. The third kappa shape index (κ3) is 2.72. The van der Waals surface area contributed by atoms with Crippen LogP contribution in [0.5, 0.6) is 11.6 Å². The van der Waals surface area contributed by atoms with Gasteiger partial charge < -0.3 is 9.47 Å². The zero-order chi connectivity index (χ0) is 13.8. The second-order valence-electron chi connectivity index (χ2n) is 4.75. The number of nitrogens with zero attached hydrogens (tertiary/aromatic N) is 2. The minimum Gasteiger partial charge on any atom is -0.473 e. The molecule has 1 aromatic carbocycles. The zero-order valence-corrected chi connectivity index (χ0v) is 11.0. The van der Waals surface area contributed by atoms with Crippen molar-refractivity contribution in [2.24, 2.45) is 0 Å².